The number of hydrogen-bond donors (Lipinski definition) is 0. The molecule has 0 spiro atoms. The smallest absolute Gasteiger partial charge is 0.000800 e. The van der Waals surface area contributed by atoms with Crippen LogP contribution in [0.25, 0.3) is 0 Å². The van der Waals surface area contributed by atoms with Gasteiger partial charge in [-0.3, -0.25) is 0 Å². The molecule has 0 N–H and O–H groups in total. The first-order valence-electron chi connectivity index (χ1n) is 6.03. The molecule has 0 fully saturated rings. The van der Waals surface area contributed by atoms with E-state index in [0.717, 1.165) is 6.42 Å². The van der Waals surface area contributed by atoms with Gasteiger partial charge in [0.25, 0.3) is 0 Å². The molecule has 0 saturated heterocycles. The summed E-state index contributed by atoms with van der Waals surface area (Å²) in [6, 6.07) is 15.0. The maximum atomic E-state index is 3.35. The Morgan fingerprint density at radius 2 is 1.18 bits per heavy atom. The molecule has 0 bridgehead atoms. The first kappa shape index (κ1) is 11.9. The van der Waals surface area contributed by atoms with Crippen molar-refractivity contribution in [3.63, 3.8) is 0 Å². The van der Waals surface area contributed by atoms with Gasteiger partial charge in [-0.05, 0) is 79.6 Å². The minimum Gasteiger partial charge on any atom is -0.0584 e. The van der Waals surface area contributed by atoms with Crippen LogP contribution in [0.1, 0.15) is 33.4 Å². The van der Waals surface area contributed by atoms with E-state index in [9.17, 15) is 0 Å². The van der Waals surface area contributed by atoms with Gasteiger partial charge in [0, 0.05) is 0 Å². The quantitative estimate of drug-likeness (QED) is 0.717. The molecule has 0 aromatic heterocycles. The van der Waals surface area contributed by atoms with Crippen molar-refractivity contribution in [2.75, 3.05) is 0 Å². The third-order valence-electron chi connectivity index (χ3n) is 3.62. The molecule has 0 heterocycles. The Morgan fingerprint density at radius 3 is 1.59 bits per heavy atom. The second-order valence-corrected chi connectivity index (χ2v) is 4.71. The highest BCUT2D eigenvalue weighted by molar-refractivity contribution is 5.40. The van der Waals surface area contributed by atoms with Gasteiger partial charge in [-0.2, -0.15) is 0 Å². The maximum Gasteiger partial charge on any atom is -0.000800 e. The molecule has 0 amide bonds. The molecule has 86 valence electrons. The average Bonchev–Trinajstić information content (AvgIpc) is 2.31. The molecule has 0 nitrogen and oxygen atoms in total. The fraction of sp³-hybridized carbons (Fsp3) is 0.294. The summed E-state index contributed by atoms with van der Waals surface area (Å²) in [5.41, 5.74) is 7.95. The van der Waals surface area contributed by atoms with Crippen LogP contribution < -0.4 is 0 Å². The highest BCUT2D eigenvalue weighted by Crippen LogP contribution is 2.19. The van der Waals surface area contributed by atoms with Crippen molar-refractivity contribution in [2.24, 2.45) is 0 Å². The van der Waals surface area contributed by atoms with Crippen LogP contribution in [0.2, 0.25) is 0 Å². The highest BCUT2D eigenvalue weighted by Gasteiger charge is 2.06. The molecule has 0 atom stereocenters. The summed E-state index contributed by atoms with van der Waals surface area (Å²) < 4.78 is 0. The van der Waals surface area contributed by atoms with Crippen molar-refractivity contribution < 1.29 is 0 Å². The molecule has 2 rings (SSSR count). The molecule has 2 radical (unpaired) electrons. The molecule has 17 heavy (non-hydrogen) atoms. The summed E-state index contributed by atoms with van der Waals surface area (Å²) in [6.45, 7) is 8.65. The number of rotatable bonds is 2. The Hall–Kier alpha value is -1.56. The van der Waals surface area contributed by atoms with Crippen LogP contribution >= 0.6 is 0 Å². The number of benzene rings is 2. The van der Waals surface area contributed by atoms with Crippen LogP contribution in [0.4, 0.5) is 0 Å². The van der Waals surface area contributed by atoms with E-state index in [-0.39, 0.29) is 0 Å². The summed E-state index contributed by atoms with van der Waals surface area (Å²) in [7, 11) is 0. The van der Waals surface area contributed by atoms with Crippen LogP contribution in [-0.4, -0.2) is 0 Å². The topological polar surface area (TPSA) is 0 Å². The Kier molecular flexibility index (Phi) is 3.33. The van der Waals surface area contributed by atoms with Crippen molar-refractivity contribution in [1.29, 1.82) is 0 Å². The first-order chi connectivity index (χ1) is 8.09. The van der Waals surface area contributed by atoms with Gasteiger partial charge in [-0.15, -0.1) is 0 Å². The lowest BCUT2D eigenvalue weighted by Crippen LogP contribution is -1.98. The molecule has 2 aromatic rings. The lowest BCUT2D eigenvalue weighted by molar-refractivity contribution is 1.10. The van der Waals surface area contributed by atoms with E-state index in [4.69, 9.17) is 0 Å². The van der Waals surface area contributed by atoms with Gasteiger partial charge < -0.3 is 0 Å². The van der Waals surface area contributed by atoms with Gasteiger partial charge in [0.15, 0.2) is 0 Å². The minimum absolute atomic E-state index is 0.932. The zero-order valence-corrected chi connectivity index (χ0v) is 11.0. The van der Waals surface area contributed by atoms with E-state index in [1.807, 2.05) is 12.1 Å². The lowest BCUT2D eigenvalue weighted by Gasteiger charge is -2.11. The van der Waals surface area contributed by atoms with Crippen LogP contribution in [-0.2, 0) is 6.42 Å². The van der Waals surface area contributed by atoms with Gasteiger partial charge in [-0.1, -0.05) is 24.3 Å². The standard InChI is InChI=1S/C17H18/c1-12-7-5-9-16(14(12)3)11-17-10-6-8-13(2)15(17)4/h5-8H,11H2,1-4H3. The minimum atomic E-state index is 0.932. The maximum absolute atomic E-state index is 3.35. The number of aryl methyl sites for hydroxylation is 2. The Morgan fingerprint density at radius 1 is 0.765 bits per heavy atom. The van der Waals surface area contributed by atoms with Crippen molar-refractivity contribution in [2.45, 2.75) is 34.1 Å². The van der Waals surface area contributed by atoms with Crippen molar-refractivity contribution in [3.05, 3.63) is 69.8 Å². The van der Waals surface area contributed by atoms with Crippen LogP contribution in [0.3, 0.4) is 0 Å². The summed E-state index contributed by atoms with van der Waals surface area (Å²) in [4.78, 5) is 0. The SMILES string of the molecule is Cc1cc[c]c(Cc2[c]ccc(C)c2C)c1C. The molecular formula is C17H18. The van der Waals surface area contributed by atoms with E-state index in [2.05, 4.69) is 52.0 Å². The molecule has 0 unspecified atom stereocenters. The predicted octanol–water partition coefficient (Wildman–Crippen LogP) is 4.11. The van der Waals surface area contributed by atoms with Gasteiger partial charge >= 0.3 is 0 Å². The van der Waals surface area contributed by atoms with E-state index < -0.39 is 0 Å². The molecule has 0 aliphatic carbocycles. The van der Waals surface area contributed by atoms with Gasteiger partial charge in [-0.25, -0.2) is 0 Å². The third-order valence-corrected chi connectivity index (χ3v) is 3.62. The summed E-state index contributed by atoms with van der Waals surface area (Å²) in [6.07, 6.45) is 0.932. The zero-order chi connectivity index (χ0) is 12.4. The van der Waals surface area contributed by atoms with E-state index in [0.29, 0.717) is 0 Å². The van der Waals surface area contributed by atoms with E-state index in [1.54, 1.807) is 0 Å². The van der Waals surface area contributed by atoms with Crippen molar-refractivity contribution >= 4 is 0 Å². The van der Waals surface area contributed by atoms with E-state index in [1.165, 1.54) is 33.4 Å². The molecule has 2 aromatic carbocycles. The largest absolute Gasteiger partial charge is 0.0584 e. The fourth-order valence-corrected chi connectivity index (χ4v) is 2.02. The van der Waals surface area contributed by atoms with Gasteiger partial charge in [0.2, 0.25) is 0 Å². The third kappa shape index (κ3) is 2.41. The summed E-state index contributed by atoms with van der Waals surface area (Å²) in [5, 5.41) is 0. The molecule has 0 heteroatoms. The first-order valence-corrected chi connectivity index (χ1v) is 6.03. The van der Waals surface area contributed by atoms with Crippen LogP contribution in [0, 0.1) is 39.8 Å². The Labute approximate surface area is 104 Å². The Bertz CT molecular complexity index is 486. The molecular weight excluding hydrogens is 204 g/mol. The molecule has 0 saturated carbocycles. The highest BCUT2D eigenvalue weighted by atomic mass is 14.1. The van der Waals surface area contributed by atoms with Crippen molar-refractivity contribution in [3.8, 4) is 0 Å². The second kappa shape index (κ2) is 4.75. The van der Waals surface area contributed by atoms with Crippen molar-refractivity contribution in [1.82, 2.24) is 0 Å². The monoisotopic (exact) mass is 222 g/mol. The summed E-state index contributed by atoms with van der Waals surface area (Å²) in [5.74, 6) is 0. The molecule has 0 aliphatic rings. The molecule has 0 aliphatic heterocycles. The van der Waals surface area contributed by atoms with Gasteiger partial charge in [0.05, 0.1) is 0 Å². The zero-order valence-electron chi connectivity index (χ0n) is 11.0. The van der Waals surface area contributed by atoms with E-state index >= 15 is 0 Å². The van der Waals surface area contributed by atoms with Gasteiger partial charge in [0.1, 0.15) is 0 Å². The fourth-order valence-electron chi connectivity index (χ4n) is 2.02. The predicted molar refractivity (Wildman–Crippen MR) is 72.3 cm³/mol. The average molecular weight is 222 g/mol. The number of hydrogen-bond acceptors (Lipinski definition) is 0. The Balaban J connectivity index is 2.38. The normalized spacial score (nSPS) is 10.6. The second-order valence-electron chi connectivity index (χ2n) is 4.71. The van der Waals surface area contributed by atoms with Crippen LogP contribution in [0.15, 0.2) is 24.3 Å². The summed E-state index contributed by atoms with van der Waals surface area (Å²) >= 11 is 0. The van der Waals surface area contributed by atoms with Crippen LogP contribution in [0.5, 0.6) is 0 Å². The lowest BCUT2D eigenvalue weighted by atomic mass is 9.93.